The van der Waals surface area contributed by atoms with Crippen LogP contribution in [-0.2, 0) is 0 Å². The number of methoxy groups -OCH3 is 2. The molecule has 162 valence electrons. The van der Waals surface area contributed by atoms with Crippen molar-refractivity contribution in [2.75, 3.05) is 46.3 Å². The maximum atomic E-state index is 13.6. The molecule has 2 heterocycles. The zero-order valence-electron chi connectivity index (χ0n) is 18.3. The highest BCUT2D eigenvalue weighted by Crippen LogP contribution is 2.37. The number of aryl methyl sites for hydroxylation is 1. The van der Waals surface area contributed by atoms with Crippen molar-refractivity contribution in [2.24, 2.45) is 0 Å². The van der Waals surface area contributed by atoms with E-state index in [1.54, 1.807) is 25.2 Å². The predicted octanol–water partition coefficient (Wildman–Crippen LogP) is 4.58. The number of rotatable bonds is 7. The number of carbonyl (C=O) groups excluding carboxylic acids is 1. The number of anilines is 1. The van der Waals surface area contributed by atoms with Gasteiger partial charge in [0.15, 0.2) is 22.2 Å². The zero-order valence-corrected chi connectivity index (χ0v) is 19.1. The van der Waals surface area contributed by atoms with E-state index in [2.05, 4.69) is 0 Å². The van der Waals surface area contributed by atoms with E-state index in [1.165, 1.54) is 11.3 Å². The van der Waals surface area contributed by atoms with Crippen LogP contribution >= 0.6 is 11.3 Å². The summed E-state index contributed by atoms with van der Waals surface area (Å²) in [4.78, 5) is 22.0. The molecule has 0 spiro atoms. The van der Waals surface area contributed by atoms with Crippen molar-refractivity contribution in [2.45, 2.75) is 6.92 Å². The molecule has 0 radical (unpaired) electrons. The molecule has 0 saturated carbocycles. The molecular weight excluding hydrogens is 414 g/mol. The Bertz CT molecular complexity index is 1240. The molecule has 0 saturated heterocycles. The van der Waals surface area contributed by atoms with Crippen molar-refractivity contribution in [1.29, 1.82) is 0 Å². The Morgan fingerprint density at radius 3 is 2.58 bits per heavy atom. The average molecular weight is 440 g/mol. The monoisotopic (exact) mass is 439 g/mol. The van der Waals surface area contributed by atoms with Crippen LogP contribution in [0, 0.1) is 6.92 Å². The van der Waals surface area contributed by atoms with Crippen LogP contribution in [0.2, 0.25) is 0 Å². The van der Waals surface area contributed by atoms with Crippen molar-refractivity contribution in [3.05, 3.63) is 47.7 Å². The lowest BCUT2D eigenvalue weighted by Crippen LogP contribution is -2.36. The number of para-hydroxylation sites is 1. The minimum Gasteiger partial charge on any atom is -0.494 e. The Morgan fingerprint density at radius 2 is 1.87 bits per heavy atom. The fourth-order valence-corrected chi connectivity index (χ4v) is 4.47. The van der Waals surface area contributed by atoms with Gasteiger partial charge in [-0.2, -0.15) is 0 Å². The lowest BCUT2D eigenvalue weighted by atomic mass is 10.2. The summed E-state index contributed by atoms with van der Waals surface area (Å²) < 4.78 is 17.8. The van der Waals surface area contributed by atoms with Gasteiger partial charge in [0.05, 0.1) is 18.9 Å². The third-order valence-corrected chi connectivity index (χ3v) is 6.31. The lowest BCUT2D eigenvalue weighted by Gasteiger charge is -2.20. The number of hydrogen-bond acceptors (Lipinski definition) is 7. The smallest absolute Gasteiger partial charge is 0.295 e. The molecule has 0 fully saturated rings. The SMILES string of the molecule is COc1ccc(C)c2sc(N(CCN(C)C)C(=O)c3cc4cccc(OC)c4o3)nc12. The van der Waals surface area contributed by atoms with Crippen molar-refractivity contribution in [1.82, 2.24) is 9.88 Å². The average Bonchev–Trinajstić information content (AvgIpc) is 3.39. The Kier molecular flexibility index (Phi) is 5.84. The van der Waals surface area contributed by atoms with Gasteiger partial charge in [0.1, 0.15) is 11.3 Å². The standard InChI is InChI=1S/C23H25N3O4S/c1-14-9-10-16(28-4)19-21(14)31-23(24-19)26(12-11-25(2)3)22(27)18-13-15-7-6-8-17(29-5)20(15)30-18/h6-10,13H,11-12H2,1-5H3. The van der Waals surface area contributed by atoms with Crippen LogP contribution in [0.5, 0.6) is 11.5 Å². The van der Waals surface area contributed by atoms with E-state index in [0.717, 1.165) is 21.2 Å². The first-order valence-corrected chi connectivity index (χ1v) is 10.7. The van der Waals surface area contributed by atoms with Crippen LogP contribution in [0.15, 0.2) is 40.8 Å². The molecular formula is C23H25N3O4S. The van der Waals surface area contributed by atoms with E-state index in [-0.39, 0.29) is 11.7 Å². The van der Waals surface area contributed by atoms with Gasteiger partial charge in [0.2, 0.25) is 0 Å². The van der Waals surface area contributed by atoms with Gasteiger partial charge in [0, 0.05) is 18.5 Å². The van der Waals surface area contributed by atoms with Gasteiger partial charge in [-0.05, 0) is 44.8 Å². The third kappa shape index (κ3) is 3.96. The van der Waals surface area contributed by atoms with Crippen LogP contribution in [0.4, 0.5) is 5.13 Å². The normalized spacial score (nSPS) is 11.4. The molecule has 0 N–H and O–H groups in total. The Morgan fingerprint density at radius 1 is 1.10 bits per heavy atom. The van der Waals surface area contributed by atoms with E-state index in [9.17, 15) is 4.79 Å². The van der Waals surface area contributed by atoms with Crippen molar-refractivity contribution >= 4 is 43.6 Å². The molecule has 7 nitrogen and oxygen atoms in total. The van der Waals surface area contributed by atoms with Gasteiger partial charge in [0.25, 0.3) is 5.91 Å². The molecule has 8 heteroatoms. The molecule has 4 aromatic rings. The van der Waals surface area contributed by atoms with Gasteiger partial charge in [-0.25, -0.2) is 4.98 Å². The first kappa shape index (κ1) is 21.1. The Labute approximate surface area is 184 Å². The molecule has 4 rings (SSSR count). The van der Waals surface area contributed by atoms with E-state index < -0.39 is 0 Å². The second kappa shape index (κ2) is 8.56. The van der Waals surface area contributed by atoms with Gasteiger partial charge in [-0.15, -0.1) is 0 Å². The molecule has 0 bridgehead atoms. The second-order valence-corrected chi connectivity index (χ2v) is 8.49. The second-order valence-electron chi connectivity index (χ2n) is 7.51. The lowest BCUT2D eigenvalue weighted by molar-refractivity contribution is 0.0960. The molecule has 31 heavy (non-hydrogen) atoms. The van der Waals surface area contributed by atoms with E-state index in [0.29, 0.717) is 35.3 Å². The van der Waals surface area contributed by atoms with Gasteiger partial charge < -0.3 is 18.8 Å². The summed E-state index contributed by atoms with van der Waals surface area (Å²) in [5, 5.41) is 1.43. The molecule has 0 unspecified atom stereocenters. The first-order valence-electron chi connectivity index (χ1n) is 9.90. The van der Waals surface area contributed by atoms with Crippen LogP contribution in [0.25, 0.3) is 21.2 Å². The summed E-state index contributed by atoms with van der Waals surface area (Å²) in [6, 6.07) is 11.2. The summed E-state index contributed by atoms with van der Waals surface area (Å²) in [7, 11) is 7.15. The molecule has 0 aliphatic carbocycles. The molecule has 2 aromatic carbocycles. The van der Waals surface area contributed by atoms with Gasteiger partial charge in [-0.3, -0.25) is 9.69 Å². The molecule has 2 aromatic heterocycles. The number of amides is 1. The molecule has 0 aliphatic heterocycles. The topological polar surface area (TPSA) is 68.0 Å². The van der Waals surface area contributed by atoms with Crippen LogP contribution in [-0.4, -0.2) is 57.2 Å². The number of hydrogen-bond donors (Lipinski definition) is 0. The largest absolute Gasteiger partial charge is 0.494 e. The summed E-state index contributed by atoms with van der Waals surface area (Å²) in [5.41, 5.74) is 2.41. The van der Waals surface area contributed by atoms with Gasteiger partial charge in [-0.1, -0.05) is 29.5 Å². The third-order valence-electron chi connectivity index (χ3n) is 5.10. The number of thiazole rings is 1. The highest BCUT2D eigenvalue weighted by Gasteiger charge is 2.26. The van der Waals surface area contributed by atoms with Crippen LogP contribution in [0.3, 0.4) is 0 Å². The number of fused-ring (bicyclic) bond motifs is 2. The number of furan rings is 1. The summed E-state index contributed by atoms with van der Waals surface area (Å²) >= 11 is 1.48. The number of likely N-dealkylation sites (N-methyl/N-ethyl adjacent to an activating group) is 1. The van der Waals surface area contributed by atoms with E-state index in [1.807, 2.05) is 56.3 Å². The van der Waals surface area contributed by atoms with Crippen LogP contribution < -0.4 is 14.4 Å². The van der Waals surface area contributed by atoms with Crippen molar-refractivity contribution < 1.29 is 18.7 Å². The first-order chi connectivity index (χ1) is 14.9. The minimum absolute atomic E-state index is 0.240. The van der Waals surface area contributed by atoms with E-state index in [4.69, 9.17) is 18.9 Å². The number of ether oxygens (including phenoxy) is 2. The predicted molar refractivity (Wildman–Crippen MR) is 124 cm³/mol. The molecule has 1 amide bonds. The summed E-state index contributed by atoms with van der Waals surface area (Å²) in [6.07, 6.45) is 0. The molecule has 0 atom stereocenters. The van der Waals surface area contributed by atoms with E-state index >= 15 is 0 Å². The highest BCUT2D eigenvalue weighted by molar-refractivity contribution is 7.22. The van der Waals surface area contributed by atoms with Crippen molar-refractivity contribution in [3.63, 3.8) is 0 Å². The summed E-state index contributed by atoms with van der Waals surface area (Å²) in [5.74, 6) is 1.30. The molecule has 0 aliphatic rings. The van der Waals surface area contributed by atoms with Crippen LogP contribution in [0.1, 0.15) is 16.1 Å². The fourth-order valence-electron chi connectivity index (χ4n) is 3.40. The van der Waals surface area contributed by atoms with Crippen molar-refractivity contribution in [3.8, 4) is 11.5 Å². The number of carbonyl (C=O) groups is 1. The Hall–Kier alpha value is -3.10. The summed E-state index contributed by atoms with van der Waals surface area (Å²) in [6.45, 7) is 3.18. The fraction of sp³-hybridized carbons (Fsp3) is 0.304. The zero-order chi connectivity index (χ0) is 22.1. The number of benzene rings is 2. The number of aromatic nitrogens is 1. The minimum atomic E-state index is -0.240. The quantitative estimate of drug-likeness (QED) is 0.420. The number of nitrogens with zero attached hydrogens (tertiary/aromatic N) is 3. The maximum Gasteiger partial charge on any atom is 0.295 e. The van der Waals surface area contributed by atoms with Gasteiger partial charge >= 0.3 is 0 Å². The maximum absolute atomic E-state index is 13.6. The Balaban J connectivity index is 1.79. The highest BCUT2D eigenvalue weighted by atomic mass is 32.1.